The van der Waals surface area contributed by atoms with Crippen LogP contribution < -0.4 is 0 Å². The van der Waals surface area contributed by atoms with Gasteiger partial charge in [-0.15, -0.1) is 0 Å². The first kappa shape index (κ1) is 23.6. The lowest BCUT2D eigenvalue weighted by molar-refractivity contribution is -0.404. The number of carbonyl (C=O) groups excluding carboxylic acids is 2. The molecule has 5 fully saturated rings. The molecule has 2 saturated heterocycles. The first-order chi connectivity index (χ1) is 17.0. The van der Waals surface area contributed by atoms with E-state index in [-0.39, 0.29) is 48.1 Å². The Morgan fingerprint density at radius 3 is 2.64 bits per heavy atom. The molecule has 0 aromatic rings. The van der Waals surface area contributed by atoms with Gasteiger partial charge in [0.1, 0.15) is 11.7 Å². The topological polar surface area (TPSA) is 94.6 Å². The molecule has 7 aliphatic rings. The Morgan fingerprint density at radius 1 is 1.14 bits per heavy atom. The largest absolute Gasteiger partial charge is 0.458 e. The maximum absolute atomic E-state index is 13.5. The van der Waals surface area contributed by atoms with Gasteiger partial charge in [0, 0.05) is 31.4 Å². The molecule has 4 aliphatic carbocycles. The number of aliphatic hydroxyl groups is 1. The summed E-state index contributed by atoms with van der Waals surface area (Å²) in [4.78, 5) is 26.1. The number of carbonyl (C=O) groups is 2. The molecule has 1 spiro atoms. The minimum absolute atomic E-state index is 0.0472. The Labute approximate surface area is 212 Å². The third kappa shape index (κ3) is 2.33. The highest BCUT2D eigenvalue weighted by molar-refractivity contribution is 5.97. The molecule has 0 aromatic heterocycles. The number of esters is 1. The molecule has 0 bridgehead atoms. The third-order valence-electron chi connectivity index (χ3n) is 12.5. The molecule has 0 radical (unpaired) electrons. The van der Waals surface area contributed by atoms with Crippen molar-refractivity contribution in [2.45, 2.75) is 95.4 Å². The lowest BCUT2D eigenvalue weighted by Gasteiger charge is -2.68. The Kier molecular flexibility index (Phi) is 4.52. The van der Waals surface area contributed by atoms with Crippen LogP contribution in [-0.2, 0) is 28.5 Å². The zero-order valence-electron chi connectivity index (χ0n) is 22.0. The van der Waals surface area contributed by atoms with Crippen molar-refractivity contribution in [2.24, 2.45) is 34.5 Å². The molecule has 3 aliphatic heterocycles. The van der Waals surface area contributed by atoms with E-state index < -0.39 is 33.9 Å². The summed E-state index contributed by atoms with van der Waals surface area (Å²) in [6, 6.07) is 0. The normalized spacial score (nSPS) is 56.9. The molecule has 7 heteroatoms. The van der Waals surface area contributed by atoms with Gasteiger partial charge in [0.15, 0.2) is 11.6 Å². The average Bonchev–Trinajstić information content (AvgIpc) is 3.47. The number of hydrogen-bond donors (Lipinski definition) is 1. The Hall–Kier alpha value is -1.54. The average molecular weight is 499 g/mol. The van der Waals surface area contributed by atoms with E-state index in [1.807, 2.05) is 13.0 Å². The van der Waals surface area contributed by atoms with E-state index in [1.165, 1.54) is 0 Å². The molecule has 7 rings (SSSR count). The first-order valence-corrected chi connectivity index (χ1v) is 13.7. The number of allylic oxidation sites excluding steroid dienone is 1. The predicted molar refractivity (Wildman–Crippen MR) is 129 cm³/mol. The Balaban J connectivity index is 1.31. The standard InChI is InChI=1S/C29H38O7/c1-15-11-21(35-24(31)16(15)2)20-14-34-29(33-5)13-19-17(18-8-10-27(20,32)26(18,29)4)12-23-28(36-23)9-6-7-22(30)25(19,28)3/h6-7,17-21,23,32H,8-14H2,1-5H3/t17-,18-,19-,20+,21+,23+,25-,26-,27+,28+,29-/m0/s1. The monoisotopic (exact) mass is 498 g/mol. The van der Waals surface area contributed by atoms with Gasteiger partial charge in [-0.05, 0) is 70.3 Å². The van der Waals surface area contributed by atoms with Gasteiger partial charge in [-0.1, -0.05) is 18.6 Å². The molecular weight excluding hydrogens is 460 g/mol. The zero-order valence-corrected chi connectivity index (χ0v) is 22.0. The van der Waals surface area contributed by atoms with Crippen LogP contribution in [0.4, 0.5) is 0 Å². The fraction of sp³-hybridized carbons (Fsp3) is 0.793. The molecule has 0 amide bonds. The fourth-order valence-corrected chi connectivity index (χ4v) is 10.2. The van der Waals surface area contributed by atoms with Crippen molar-refractivity contribution >= 4 is 11.8 Å². The van der Waals surface area contributed by atoms with E-state index in [4.69, 9.17) is 18.9 Å². The van der Waals surface area contributed by atoms with Crippen LogP contribution in [0.25, 0.3) is 0 Å². The van der Waals surface area contributed by atoms with Crippen LogP contribution in [0.3, 0.4) is 0 Å². The lowest BCUT2D eigenvalue weighted by Crippen LogP contribution is -2.76. The van der Waals surface area contributed by atoms with Crippen molar-refractivity contribution < 1.29 is 33.6 Å². The summed E-state index contributed by atoms with van der Waals surface area (Å²) in [7, 11) is 1.68. The molecular formula is C29H38O7. The molecule has 7 nitrogen and oxygen atoms in total. The van der Waals surface area contributed by atoms with Gasteiger partial charge in [-0.25, -0.2) is 4.79 Å². The summed E-state index contributed by atoms with van der Waals surface area (Å²) in [5.74, 6) is -1.12. The summed E-state index contributed by atoms with van der Waals surface area (Å²) in [5.41, 5.74) is -1.17. The summed E-state index contributed by atoms with van der Waals surface area (Å²) >= 11 is 0. The number of methoxy groups -OCH3 is 1. The van der Waals surface area contributed by atoms with E-state index in [1.54, 1.807) is 20.1 Å². The summed E-state index contributed by atoms with van der Waals surface area (Å²) in [5, 5.41) is 12.7. The van der Waals surface area contributed by atoms with E-state index >= 15 is 0 Å². The zero-order chi connectivity index (χ0) is 25.5. The second kappa shape index (κ2) is 6.90. The van der Waals surface area contributed by atoms with Crippen molar-refractivity contribution in [1.82, 2.24) is 0 Å². The van der Waals surface area contributed by atoms with Gasteiger partial charge in [-0.3, -0.25) is 4.79 Å². The van der Waals surface area contributed by atoms with Crippen LogP contribution in [0.5, 0.6) is 0 Å². The quantitative estimate of drug-likeness (QED) is 0.460. The molecule has 0 unspecified atom stereocenters. The van der Waals surface area contributed by atoms with Gasteiger partial charge < -0.3 is 24.1 Å². The first-order valence-electron chi connectivity index (χ1n) is 13.7. The van der Waals surface area contributed by atoms with E-state index in [2.05, 4.69) is 13.8 Å². The smallest absolute Gasteiger partial charge is 0.333 e. The van der Waals surface area contributed by atoms with Gasteiger partial charge >= 0.3 is 5.97 Å². The van der Waals surface area contributed by atoms with Crippen molar-refractivity contribution in [3.63, 3.8) is 0 Å². The number of rotatable bonds is 2. The molecule has 3 saturated carbocycles. The van der Waals surface area contributed by atoms with Crippen LogP contribution in [0.15, 0.2) is 23.3 Å². The van der Waals surface area contributed by atoms with Crippen molar-refractivity contribution in [2.75, 3.05) is 13.7 Å². The maximum atomic E-state index is 13.5. The lowest BCUT2D eigenvalue weighted by atomic mass is 9.42. The summed E-state index contributed by atoms with van der Waals surface area (Å²) in [6.07, 6.45) is 7.65. The highest BCUT2D eigenvalue weighted by Crippen LogP contribution is 2.77. The van der Waals surface area contributed by atoms with Crippen LogP contribution in [0, 0.1) is 34.5 Å². The number of fused-ring (bicyclic) bond motifs is 3. The molecule has 196 valence electrons. The van der Waals surface area contributed by atoms with Gasteiger partial charge in [0.05, 0.1) is 29.1 Å². The predicted octanol–water partition coefficient (Wildman–Crippen LogP) is 3.49. The number of epoxide rings is 1. The number of ether oxygens (including phenoxy) is 4. The maximum Gasteiger partial charge on any atom is 0.333 e. The number of ketones is 1. The van der Waals surface area contributed by atoms with Crippen LogP contribution in [0.1, 0.15) is 66.2 Å². The third-order valence-corrected chi connectivity index (χ3v) is 12.5. The van der Waals surface area contributed by atoms with Crippen molar-refractivity contribution in [3.8, 4) is 0 Å². The van der Waals surface area contributed by atoms with Crippen LogP contribution in [-0.4, -0.2) is 59.8 Å². The van der Waals surface area contributed by atoms with E-state index in [0.29, 0.717) is 24.8 Å². The SMILES string of the molecule is CO[C@@]12C[C@H]3[C@@H](C[C@H]4O[C@]45CC=CC(=O)[C@]35C)[C@@H]3CC[C@@](O)([C@@H]([C@H]4CC(C)=C(C)C(=O)O4)CO1)[C@]32C. The van der Waals surface area contributed by atoms with Crippen LogP contribution in [0.2, 0.25) is 0 Å². The molecule has 3 heterocycles. The van der Waals surface area contributed by atoms with E-state index in [9.17, 15) is 14.7 Å². The molecule has 0 aromatic carbocycles. The number of hydrogen-bond acceptors (Lipinski definition) is 7. The van der Waals surface area contributed by atoms with Crippen molar-refractivity contribution in [3.05, 3.63) is 23.3 Å². The second-order valence-corrected chi connectivity index (χ2v) is 13.1. The van der Waals surface area contributed by atoms with E-state index in [0.717, 1.165) is 24.8 Å². The minimum Gasteiger partial charge on any atom is -0.458 e. The van der Waals surface area contributed by atoms with Gasteiger partial charge in [0.2, 0.25) is 0 Å². The van der Waals surface area contributed by atoms with Crippen LogP contribution >= 0.6 is 0 Å². The summed E-state index contributed by atoms with van der Waals surface area (Å²) < 4.78 is 25.3. The molecule has 1 N–H and O–H groups in total. The number of cyclic esters (lactones) is 1. The highest BCUT2D eigenvalue weighted by Gasteiger charge is 2.83. The van der Waals surface area contributed by atoms with Crippen molar-refractivity contribution in [1.29, 1.82) is 0 Å². The highest BCUT2D eigenvalue weighted by atomic mass is 16.7. The Bertz CT molecular complexity index is 1130. The second-order valence-electron chi connectivity index (χ2n) is 13.1. The Morgan fingerprint density at radius 2 is 1.92 bits per heavy atom. The minimum atomic E-state index is -1.11. The van der Waals surface area contributed by atoms with Gasteiger partial charge in [0.25, 0.3) is 0 Å². The summed E-state index contributed by atoms with van der Waals surface area (Å²) in [6.45, 7) is 8.27. The molecule has 11 atom stereocenters. The molecule has 36 heavy (non-hydrogen) atoms. The van der Waals surface area contributed by atoms with Gasteiger partial charge in [-0.2, -0.15) is 0 Å². The fourth-order valence-electron chi connectivity index (χ4n) is 10.2.